The highest BCUT2D eigenvalue weighted by atomic mass is 16.2. The maximum atomic E-state index is 12.2. The molecular formula is C19H23N5O3. The van der Waals surface area contributed by atoms with Crippen LogP contribution in [-0.2, 0) is 16.1 Å². The van der Waals surface area contributed by atoms with E-state index in [4.69, 9.17) is 0 Å². The predicted molar refractivity (Wildman–Crippen MR) is 100.0 cm³/mol. The van der Waals surface area contributed by atoms with Crippen molar-refractivity contribution in [1.82, 2.24) is 19.8 Å². The van der Waals surface area contributed by atoms with Crippen molar-refractivity contribution in [2.24, 2.45) is 0 Å². The lowest BCUT2D eigenvalue weighted by atomic mass is 10.1. The zero-order chi connectivity index (χ0) is 19.4. The molecule has 1 aliphatic heterocycles. The van der Waals surface area contributed by atoms with E-state index in [9.17, 15) is 14.4 Å². The zero-order valence-corrected chi connectivity index (χ0v) is 15.4. The molecule has 8 heteroatoms. The number of hydrogen-bond donors (Lipinski definition) is 2. The smallest absolute Gasteiger partial charge is 0.325 e. The molecule has 0 radical (unpaired) electrons. The third-order valence-corrected chi connectivity index (χ3v) is 4.37. The second-order valence-corrected chi connectivity index (χ2v) is 7.10. The van der Waals surface area contributed by atoms with Crippen LogP contribution in [0.3, 0.4) is 0 Å². The summed E-state index contributed by atoms with van der Waals surface area (Å²) >= 11 is 0. The minimum absolute atomic E-state index is 0.152. The number of urea groups is 1. The fraction of sp³-hybridized carbons (Fsp3) is 0.368. The van der Waals surface area contributed by atoms with Crippen LogP contribution in [0, 0.1) is 0 Å². The van der Waals surface area contributed by atoms with Gasteiger partial charge in [-0.25, -0.2) is 9.78 Å². The lowest BCUT2D eigenvalue weighted by molar-refractivity contribution is -0.130. The Kier molecular flexibility index (Phi) is 5.25. The van der Waals surface area contributed by atoms with Crippen LogP contribution in [0.25, 0.3) is 0 Å². The highest BCUT2D eigenvalue weighted by Crippen LogP contribution is 2.17. The van der Waals surface area contributed by atoms with Crippen molar-refractivity contribution in [3.63, 3.8) is 0 Å². The molecule has 0 unspecified atom stereocenters. The van der Waals surface area contributed by atoms with Crippen LogP contribution >= 0.6 is 0 Å². The van der Waals surface area contributed by atoms with Gasteiger partial charge in [-0.3, -0.25) is 14.5 Å². The van der Waals surface area contributed by atoms with Crippen molar-refractivity contribution in [3.05, 3.63) is 48.5 Å². The van der Waals surface area contributed by atoms with E-state index in [2.05, 4.69) is 15.6 Å². The third-order valence-electron chi connectivity index (χ3n) is 4.37. The summed E-state index contributed by atoms with van der Waals surface area (Å²) in [6.45, 7) is 4.22. The number of nitrogens with zero attached hydrogens (tertiary/aromatic N) is 3. The molecule has 0 bridgehead atoms. The Labute approximate surface area is 157 Å². The van der Waals surface area contributed by atoms with Gasteiger partial charge in [0.1, 0.15) is 5.54 Å². The van der Waals surface area contributed by atoms with Crippen LogP contribution < -0.4 is 10.6 Å². The van der Waals surface area contributed by atoms with Crippen molar-refractivity contribution < 1.29 is 14.4 Å². The number of amides is 4. The van der Waals surface area contributed by atoms with Crippen LogP contribution in [-0.4, -0.2) is 44.4 Å². The summed E-state index contributed by atoms with van der Waals surface area (Å²) in [6, 6.07) is 7.21. The molecule has 1 saturated heterocycles. The Morgan fingerprint density at radius 2 is 2.11 bits per heavy atom. The summed E-state index contributed by atoms with van der Waals surface area (Å²) in [7, 11) is 0. The summed E-state index contributed by atoms with van der Waals surface area (Å²) in [5.74, 6) is -0.416. The van der Waals surface area contributed by atoms with Crippen LogP contribution in [0.2, 0.25) is 0 Å². The lowest BCUT2D eigenvalue weighted by Gasteiger charge is -2.15. The van der Waals surface area contributed by atoms with Gasteiger partial charge in [0.2, 0.25) is 5.91 Å². The molecular weight excluding hydrogens is 346 g/mol. The molecule has 3 rings (SSSR count). The molecule has 1 aromatic heterocycles. The van der Waals surface area contributed by atoms with Gasteiger partial charge in [0, 0.05) is 37.6 Å². The van der Waals surface area contributed by atoms with E-state index < -0.39 is 11.6 Å². The van der Waals surface area contributed by atoms with E-state index in [1.807, 2.05) is 35.0 Å². The van der Waals surface area contributed by atoms with Crippen LogP contribution in [0.1, 0.15) is 32.3 Å². The van der Waals surface area contributed by atoms with Crippen LogP contribution in [0.5, 0.6) is 0 Å². The molecule has 1 fully saturated rings. The molecule has 142 valence electrons. The number of carbonyl (C=O) groups is 3. The number of benzene rings is 1. The van der Waals surface area contributed by atoms with Gasteiger partial charge in [0.05, 0.1) is 6.33 Å². The Morgan fingerprint density at radius 3 is 2.78 bits per heavy atom. The van der Waals surface area contributed by atoms with Gasteiger partial charge in [-0.15, -0.1) is 0 Å². The number of nitrogens with one attached hydrogen (secondary N) is 2. The monoisotopic (exact) mass is 369 g/mol. The molecule has 0 atom stereocenters. The molecule has 1 aliphatic rings. The average Bonchev–Trinajstić information content (AvgIpc) is 3.17. The molecule has 2 N–H and O–H groups in total. The van der Waals surface area contributed by atoms with Crippen molar-refractivity contribution in [1.29, 1.82) is 0 Å². The lowest BCUT2D eigenvalue weighted by Crippen LogP contribution is -2.40. The first-order chi connectivity index (χ1) is 12.8. The fourth-order valence-corrected chi connectivity index (χ4v) is 2.98. The van der Waals surface area contributed by atoms with E-state index in [1.54, 1.807) is 26.4 Å². The second-order valence-electron chi connectivity index (χ2n) is 7.10. The Balaban J connectivity index is 1.48. The molecule has 4 amide bonds. The molecule has 1 aromatic carbocycles. The van der Waals surface area contributed by atoms with Gasteiger partial charge in [0.25, 0.3) is 5.91 Å². The molecule has 2 heterocycles. The number of imidazole rings is 1. The van der Waals surface area contributed by atoms with E-state index in [0.29, 0.717) is 18.7 Å². The van der Waals surface area contributed by atoms with E-state index in [1.165, 1.54) is 4.90 Å². The molecule has 0 aliphatic carbocycles. The first-order valence-corrected chi connectivity index (χ1v) is 8.84. The number of aromatic nitrogens is 2. The zero-order valence-electron chi connectivity index (χ0n) is 15.4. The van der Waals surface area contributed by atoms with E-state index >= 15 is 0 Å². The number of imide groups is 1. The number of anilines is 1. The molecule has 0 saturated carbocycles. The first kappa shape index (κ1) is 18.6. The minimum Gasteiger partial charge on any atom is -0.333 e. The number of hydrogen-bond acceptors (Lipinski definition) is 4. The van der Waals surface area contributed by atoms with Gasteiger partial charge >= 0.3 is 6.03 Å². The number of rotatable bonds is 7. The van der Waals surface area contributed by atoms with Gasteiger partial charge in [-0.05, 0) is 38.0 Å². The SMILES string of the molecule is CC1(C)NC(=O)N(CCCC(=O)Nc2cccc(Cn3ccnc3)c2)C1=O. The summed E-state index contributed by atoms with van der Waals surface area (Å²) in [4.78, 5) is 41.3. The van der Waals surface area contributed by atoms with Gasteiger partial charge < -0.3 is 15.2 Å². The summed E-state index contributed by atoms with van der Waals surface area (Å²) in [5.41, 5.74) is 0.885. The topological polar surface area (TPSA) is 96.3 Å². The molecule has 8 nitrogen and oxygen atoms in total. The quantitative estimate of drug-likeness (QED) is 0.730. The van der Waals surface area contributed by atoms with Gasteiger partial charge in [-0.1, -0.05) is 12.1 Å². The van der Waals surface area contributed by atoms with E-state index in [0.717, 1.165) is 5.56 Å². The Morgan fingerprint density at radius 1 is 1.30 bits per heavy atom. The maximum Gasteiger partial charge on any atom is 0.325 e. The largest absolute Gasteiger partial charge is 0.333 e. The average molecular weight is 369 g/mol. The normalized spacial score (nSPS) is 15.7. The minimum atomic E-state index is -0.880. The van der Waals surface area contributed by atoms with Crippen molar-refractivity contribution in [2.45, 2.75) is 38.8 Å². The molecule has 0 spiro atoms. The third kappa shape index (κ3) is 4.52. The van der Waals surface area contributed by atoms with Crippen molar-refractivity contribution >= 4 is 23.5 Å². The number of carbonyl (C=O) groups excluding carboxylic acids is 3. The fourth-order valence-electron chi connectivity index (χ4n) is 2.98. The van der Waals surface area contributed by atoms with Gasteiger partial charge in [0.15, 0.2) is 0 Å². The first-order valence-electron chi connectivity index (χ1n) is 8.84. The standard InChI is InChI=1S/C19H23N5O3/c1-19(2)17(26)24(18(27)22-19)9-4-7-16(25)21-15-6-3-5-14(11-15)12-23-10-8-20-13-23/h3,5-6,8,10-11,13H,4,7,9,12H2,1-2H3,(H,21,25)(H,22,27). The summed E-state index contributed by atoms with van der Waals surface area (Å²) < 4.78 is 1.94. The van der Waals surface area contributed by atoms with Crippen LogP contribution in [0.4, 0.5) is 10.5 Å². The highest BCUT2D eigenvalue weighted by Gasteiger charge is 2.43. The van der Waals surface area contributed by atoms with Crippen LogP contribution in [0.15, 0.2) is 43.0 Å². The van der Waals surface area contributed by atoms with Gasteiger partial charge in [-0.2, -0.15) is 0 Å². The highest BCUT2D eigenvalue weighted by molar-refractivity contribution is 6.06. The molecule has 2 aromatic rings. The second kappa shape index (κ2) is 7.61. The van der Waals surface area contributed by atoms with Crippen molar-refractivity contribution in [3.8, 4) is 0 Å². The summed E-state index contributed by atoms with van der Waals surface area (Å²) in [5, 5.41) is 5.48. The maximum absolute atomic E-state index is 12.2. The summed E-state index contributed by atoms with van der Waals surface area (Å²) in [6.07, 6.45) is 5.97. The molecule has 27 heavy (non-hydrogen) atoms. The Bertz CT molecular complexity index is 845. The van der Waals surface area contributed by atoms with E-state index in [-0.39, 0.29) is 24.8 Å². The van der Waals surface area contributed by atoms with Crippen molar-refractivity contribution in [2.75, 3.05) is 11.9 Å². The Hall–Kier alpha value is -3.16. The predicted octanol–water partition coefficient (Wildman–Crippen LogP) is 1.98.